The van der Waals surface area contributed by atoms with E-state index in [1.54, 1.807) is 4.90 Å². The lowest BCUT2D eigenvalue weighted by Crippen LogP contribution is -2.45. The van der Waals surface area contributed by atoms with Crippen molar-refractivity contribution in [3.05, 3.63) is 0 Å². The molecule has 0 fully saturated rings. The van der Waals surface area contributed by atoms with Crippen LogP contribution in [0.25, 0.3) is 0 Å². The third-order valence-electron chi connectivity index (χ3n) is 3.64. The summed E-state index contributed by atoms with van der Waals surface area (Å²) in [7, 11) is 1.82. The van der Waals surface area contributed by atoms with Gasteiger partial charge in [0.25, 0.3) is 0 Å². The van der Waals surface area contributed by atoms with E-state index in [0.717, 1.165) is 12.8 Å². The Balaban J connectivity index is 4.96. The molecular formula is C13H24N2O. The molecule has 0 saturated heterocycles. The van der Waals surface area contributed by atoms with Crippen molar-refractivity contribution in [2.45, 2.75) is 59.4 Å². The molecule has 0 unspecified atom stereocenters. The van der Waals surface area contributed by atoms with E-state index in [9.17, 15) is 10.1 Å². The largest absolute Gasteiger partial charge is 0.341 e. The monoisotopic (exact) mass is 224 g/mol. The second-order valence-electron chi connectivity index (χ2n) is 4.29. The molecule has 0 aromatic carbocycles. The molecule has 0 heterocycles. The average molecular weight is 224 g/mol. The summed E-state index contributed by atoms with van der Waals surface area (Å²) in [5, 5.41) is 9.23. The van der Waals surface area contributed by atoms with Gasteiger partial charge in [-0.25, -0.2) is 0 Å². The van der Waals surface area contributed by atoms with E-state index in [1.165, 1.54) is 0 Å². The highest BCUT2D eigenvalue weighted by Gasteiger charge is 2.38. The van der Waals surface area contributed by atoms with Gasteiger partial charge in [-0.05, 0) is 25.7 Å². The molecule has 0 aliphatic rings. The number of carbonyl (C=O) groups is 1. The zero-order valence-corrected chi connectivity index (χ0v) is 11.2. The minimum Gasteiger partial charge on any atom is -0.341 e. The Morgan fingerprint density at radius 3 is 1.94 bits per heavy atom. The van der Waals surface area contributed by atoms with Gasteiger partial charge in [-0.15, -0.1) is 0 Å². The molecule has 0 bridgehead atoms. The van der Waals surface area contributed by atoms with E-state index in [4.69, 9.17) is 0 Å². The molecule has 0 aromatic heterocycles. The summed E-state index contributed by atoms with van der Waals surface area (Å²) in [5.41, 5.74) is -0.822. The van der Waals surface area contributed by atoms with Gasteiger partial charge in [0.05, 0.1) is 6.07 Å². The van der Waals surface area contributed by atoms with Crippen LogP contribution in [0.4, 0.5) is 0 Å². The Morgan fingerprint density at radius 2 is 1.69 bits per heavy atom. The maximum absolute atomic E-state index is 12.3. The van der Waals surface area contributed by atoms with Crippen molar-refractivity contribution in [3.8, 4) is 6.07 Å². The maximum Gasteiger partial charge on any atom is 0.243 e. The Hall–Kier alpha value is -1.04. The van der Waals surface area contributed by atoms with Gasteiger partial charge in [0.1, 0.15) is 5.41 Å². The minimum absolute atomic E-state index is 0.0197. The van der Waals surface area contributed by atoms with Crippen LogP contribution in [-0.2, 0) is 4.79 Å². The molecule has 0 N–H and O–H groups in total. The van der Waals surface area contributed by atoms with Gasteiger partial charge in [-0.1, -0.05) is 27.7 Å². The summed E-state index contributed by atoms with van der Waals surface area (Å²) in [6, 6.07) is 2.46. The van der Waals surface area contributed by atoms with Crippen LogP contribution in [0.3, 0.4) is 0 Å². The SMILES string of the molecule is CCC(CC)N(C)C(=O)C(C#N)(CC)CC. The van der Waals surface area contributed by atoms with Crippen LogP contribution in [0.15, 0.2) is 0 Å². The van der Waals surface area contributed by atoms with Crippen LogP contribution >= 0.6 is 0 Å². The molecular weight excluding hydrogens is 200 g/mol. The first-order valence-electron chi connectivity index (χ1n) is 6.21. The predicted octanol–water partition coefficient (Wildman–Crippen LogP) is 2.96. The molecule has 0 saturated carbocycles. The Labute approximate surface area is 99.4 Å². The number of nitriles is 1. The van der Waals surface area contributed by atoms with Gasteiger partial charge in [-0.3, -0.25) is 4.79 Å². The van der Waals surface area contributed by atoms with Crippen molar-refractivity contribution in [1.29, 1.82) is 5.26 Å². The fourth-order valence-corrected chi connectivity index (χ4v) is 2.10. The first kappa shape index (κ1) is 15.0. The highest BCUT2D eigenvalue weighted by atomic mass is 16.2. The van der Waals surface area contributed by atoms with E-state index in [2.05, 4.69) is 19.9 Å². The van der Waals surface area contributed by atoms with E-state index in [-0.39, 0.29) is 11.9 Å². The van der Waals surface area contributed by atoms with Crippen LogP contribution in [-0.4, -0.2) is 23.9 Å². The Bertz CT molecular complexity index is 260. The number of hydrogen-bond acceptors (Lipinski definition) is 2. The zero-order chi connectivity index (χ0) is 12.8. The molecule has 0 radical (unpaired) electrons. The smallest absolute Gasteiger partial charge is 0.243 e. The lowest BCUT2D eigenvalue weighted by molar-refractivity contribution is -0.140. The van der Waals surface area contributed by atoms with Gasteiger partial charge in [0.2, 0.25) is 5.91 Å². The summed E-state index contributed by atoms with van der Waals surface area (Å²) in [6.45, 7) is 7.96. The highest BCUT2D eigenvalue weighted by molar-refractivity contribution is 5.85. The summed E-state index contributed by atoms with van der Waals surface area (Å²) < 4.78 is 0. The van der Waals surface area contributed by atoms with Crippen molar-refractivity contribution >= 4 is 5.91 Å². The van der Waals surface area contributed by atoms with Crippen molar-refractivity contribution in [1.82, 2.24) is 4.90 Å². The van der Waals surface area contributed by atoms with Crippen LogP contribution in [0, 0.1) is 16.7 Å². The third-order valence-corrected chi connectivity index (χ3v) is 3.64. The van der Waals surface area contributed by atoms with Gasteiger partial charge < -0.3 is 4.90 Å². The molecule has 0 aromatic rings. The van der Waals surface area contributed by atoms with Crippen molar-refractivity contribution < 1.29 is 4.79 Å². The van der Waals surface area contributed by atoms with Crippen molar-refractivity contribution in [3.63, 3.8) is 0 Å². The summed E-state index contributed by atoms with van der Waals surface area (Å²) >= 11 is 0. The number of carbonyl (C=O) groups excluding carboxylic acids is 1. The maximum atomic E-state index is 12.3. The molecule has 0 aliphatic carbocycles. The lowest BCUT2D eigenvalue weighted by Gasteiger charge is -2.33. The van der Waals surface area contributed by atoms with Crippen LogP contribution in [0.1, 0.15) is 53.4 Å². The first-order chi connectivity index (χ1) is 7.52. The molecule has 16 heavy (non-hydrogen) atoms. The molecule has 0 spiro atoms. The summed E-state index contributed by atoms with van der Waals surface area (Å²) in [6.07, 6.45) is 3.05. The molecule has 1 amide bonds. The molecule has 92 valence electrons. The molecule has 0 atom stereocenters. The first-order valence-corrected chi connectivity index (χ1v) is 6.21. The minimum atomic E-state index is -0.822. The van der Waals surface area contributed by atoms with Crippen LogP contribution in [0.5, 0.6) is 0 Å². The number of hydrogen-bond donors (Lipinski definition) is 0. The second kappa shape index (κ2) is 6.52. The van der Waals surface area contributed by atoms with E-state index >= 15 is 0 Å². The Kier molecular flexibility index (Phi) is 6.10. The van der Waals surface area contributed by atoms with Gasteiger partial charge in [0, 0.05) is 13.1 Å². The average Bonchev–Trinajstić information content (AvgIpc) is 2.33. The van der Waals surface area contributed by atoms with E-state index in [0.29, 0.717) is 12.8 Å². The lowest BCUT2D eigenvalue weighted by atomic mass is 9.82. The number of rotatable bonds is 6. The fourth-order valence-electron chi connectivity index (χ4n) is 2.10. The second-order valence-corrected chi connectivity index (χ2v) is 4.29. The number of amides is 1. The van der Waals surface area contributed by atoms with Crippen LogP contribution in [0.2, 0.25) is 0 Å². The molecule has 0 aliphatic heterocycles. The van der Waals surface area contributed by atoms with Crippen molar-refractivity contribution in [2.24, 2.45) is 5.41 Å². The fraction of sp³-hybridized carbons (Fsp3) is 0.846. The van der Waals surface area contributed by atoms with Gasteiger partial charge in [0.15, 0.2) is 0 Å². The zero-order valence-electron chi connectivity index (χ0n) is 11.2. The molecule has 3 heteroatoms. The topological polar surface area (TPSA) is 44.1 Å². The summed E-state index contributed by atoms with van der Waals surface area (Å²) in [4.78, 5) is 14.1. The standard InChI is InChI=1S/C13H24N2O/c1-6-11(7-2)15(5)12(16)13(8-3,9-4)10-14/h11H,6-9H2,1-5H3. The quantitative estimate of drug-likeness (QED) is 0.696. The van der Waals surface area contributed by atoms with Crippen molar-refractivity contribution in [2.75, 3.05) is 7.05 Å². The third kappa shape index (κ3) is 2.75. The normalized spacial score (nSPS) is 11.3. The van der Waals surface area contributed by atoms with E-state index in [1.807, 2.05) is 20.9 Å². The van der Waals surface area contributed by atoms with E-state index < -0.39 is 5.41 Å². The highest BCUT2D eigenvalue weighted by Crippen LogP contribution is 2.29. The van der Waals surface area contributed by atoms with Gasteiger partial charge >= 0.3 is 0 Å². The van der Waals surface area contributed by atoms with Gasteiger partial charge in [-0.2, -0.15) is 5.26 Å². The van der Waals surface area contributed by atoms with Crippen LogP contribution < -0.4 is 0 Å². The molecule has 3 nitrogen and oxygen atoms in total. The summed E-state index contributed by atoms with van der Waals surface area (Å²) in [5.74, 6) is -0.0197. The Morgan fingerprint density at radius 1 is 1.25 bits per heavy atom. The molecule has 0 rings (SSSR count). The predicted molar refractivity (Wildman–Crippen MR) is 65.8 cm³/mol. The number of nitrogens with zero attached hydrogens (tertiary/aromatic N) is 2.